The number of ether oxygens (including phenoxy) is 1. The molecule has 0 aliphatic carbocycles. The van der Waals surface area contributed by atoms with Crippen molar-refractivity contribution in [3.05, 3.63) is 18.4 Å². The second-order valence-corrected chi connectivity index (χ2v) is 5.25. The van der Waals surface area contributed by atoms with Gasteiger partial charge in [0.25, 0.3) is 0 Å². The SMILES string of the molecule is CC(O)C(CO)OCn1nc(-c2ccco2)c2c(N)nc(N)nc21. The van der Waals surface area contributed by atoms with E-state index >= 15 is 0 Å². The van der Waals surface area contributed by atoms with E-state index in [1.165, 1.54) is 17.9 Å². The van der Waals surface area contributed by atoms with Crippen LogP contribution >= 0.6 is 0 Å². The summed E-state index contributed by atoms with van der Waals surface area (Å²) in [7, 11) is 0. The monoisotopic (exact) mass is 334 g/mol. The van der Waals surface area contributed by atoms with Gasteiger partial charge in [-0.15, -0.1) is 0 Å². The second kappa shape index (κ2) is 6.43. The van der Waals surface area contributed by atoms with Gasteiger partial charge in [0, 0.05) is 0 Å². The molecule has 0 amide bonds. The molecule has 3 rings (SSSR count). The Labute approximate surface area is 136 Å². The fourth-order valence-corrected chi connectivity index (χ4v) is 2.30. The molecule has 6 N–H and O–H groups in total. The van der Waals surface area contributed by atoms with Crippen molar-refractivity contribution in [2.45, 2.75) is 25.9 Å². The highest BCUT2D eigenvalue weighted by Gasteiger charge is 2.21. The second-order valence-electron chi connectivity index (χ2n) is 5.25. The van der Waals surface area contributed by atoms with Gasteiger partial charge < -0.3 is 30.8 Å². The van der Waals surface area contributed by atoms with Crippen LogP contribution in [0.4, 0.5) is 11.8 Å². The predicted octanol–water partition coefficient (Wildman–Crippen LogP) is -0.0335. The Morgan fingerprint density at radius 3 is 2.79 bits per heavy atom. The fourth-order valence-electron chi connectivity index (χ4n) is 2.30. The van der Waals surface area contributed by atoms with E-state index in [1.807, 2.05) is 0 Å². The minimum Gasteiger partial charge on any atom is -0.463 e. The Balaban J connectivity index is 2.05. The zero-order valence-electron chi connectivity index (χ0n) is 13.0. The van der Waals surface area contributed by atoms with E-state index in [0.29, 0.717) is 22.5 Å². The summed E-state index contributed by atoms with van der Waals surface area (Å²) in [4.78, 5) is 8.11. The predicted molar refractivity (Wildman–Crippen MR) is 85.5 cm³/mol. The number of nitrogens with two attached hydrogens (primary N) is 2. The lowest BCUT2D eigenvalue weighted by molar-refractivity contribution is -0.0831. The Kier molecular flexibility index (Phi) is 4.34. The third kappa shape index (κ3) is 2.89. The lowest BCUT2D eigenvalue weighted by atomic mass is 10.2. The van der Waals surface area contributed by atoms with Crippen LogP contribution in [-0.4, -0.2) is 48.8 Å². The number of aliphatic hydroxyl groups is 2. The van der Waals surface area contributed by atoms with Crippen LogP contribution < -0.4 is 11.5 Å². The maximum atomic E-state index is 9.55. The molecule has 0 saturated heterocycles. The Morgan fingerprint density at radius 1 is 1.38 bits per heavy atom. The first kappa shape index (κ1) is 16.2. The third-order valence-electron chi connectivity index (χ3n) is 3.52. The molecule has 2 atom stereocenters. The molecule has 3 aromatic heterocycles. The highest BCUT2D eigenvalue weighted by molar-refractivity contribution is 5.97. The van der Waals surface area contributed by atoms with Gasteiger partial charge in [-0.2, -0.15) is 15.1 Å². The fraction of sp³-hybridized carbons (Fsp3) is 0.357. The maximum Gasteiger partial charge on any atom is 0.224 e. The molecule has 0 saturated carbocycles. The average molecular weight is 334 g/mol. The van der Waals surface area contributed by atoms with Gasteiger partial charge in [-0.3, -0.25) is 0 Å². The van der Waals surface area contributed by atoms with Gasteiger partial charge in [0.1, 0.15) is 24.3 Å². The molecule has 10 heteroatoms. The summed E-state index contributed by atoms with van der Waals surface area (Å²) in [6.07, 6.45) is -0.0840. The molecule has 3 heterocycles. The molecule has 0 fully saturated rings. The Morgan fingerprint density at radius 2 is 2.17 bits per heavy atom. The van der Waals surface area contributed by atoms with Crippen molar-refractivity contribution in [3.8, 4) is 11.5 Å². The number of hydrogen-bond acceptors (Lipinski definition) is 9. The number of anilines is 2. The van der Waals surface area contributed by atoms with Gasteiger partial charge in [-0.05, 0) is 19.1 Å². The van der Waals surface area contributed by atoms with Crippen LogP contribution in [0.25, 0.3) is 22.5 Å². The van der Waals surface area contributed by atoms with E-state index in [-0.39, 0.29) is 25.1 Å². The van der Waals surface area contributed by atoms with Crippen molar-refractivity contribution in [2.24, 2.45) is 0 Å². The number of nitrogen functional groups attached to an aromatic ring is 2. The molecule has 24 heavy (non-hydrogen) atoms. The number of aliphatic hydroxyl groups excluding tert-OH is 2. The van der Waals surface area contributed by atoms with Crippen molar-refractivity contribution in [2.75, 3.05) is 18.1 Å². The van der Waals surface area contributed by atoms with Crippen molar-refractivity contribution in [1.82, 2.24) is 19.7 Å². The largest absolute Gasteiger partial charge is 0.463 e. The van der Waals surface area contributed by atoms with E-state index in [4.69, 9.17) is 20.6 Å². The molecule has 128 valence electrons. The first-order valence-electron chi connectivity index (χ1n) is 7.25. The van der Waals surface area contributed by atoms with Gasteiger partial charge in [0.2, 0.25) is 5.95 Å². The smallest absolute Gasteiger partial charge is 0.224 e. The van der Waals surface area contributed by atoms with Gasteiger partial charge in [0.05, 0.1) is 24.4 Å². The summed E-state index contributed by atoms with van der Waals surface area (Å²) in [5.41, 5.74) is 12.4. The summed E-state index contributed by atoms with van der Waals surface area (Å²) < 4.78 is 12.3. The minimum absolute atomic E-state index is 0.00128. The normalized spacial score (nSPS) is 14.1. The standard InChI is InChI=1S/C14H18N6O4/c1-7(22)9(5-21)24-6-20-13-10(12(15)17-14(16)18-13)11(19-20)8-3-2-4-23-8/h2-4,7,9,21-22H,5-6H2,1H3,(H4,15,16,17,18). The van der Waals surface area contributed by atoms with Crippen LogP contribution in [0.15, 0.2) is 22.8 Å². The number of nitrogens with zero attached hydrogens (tertiary/aromatic N) is 4. The zero-order valence-corrected chi connectivity index (χ0v) is 13.0. The number of rotatable bonds is 6. The van der Waals surface area contributed by atoms with Crippen molar-refractivity contribution < 1.29 is 19.4 Å². The van der Waals surface area contributed by atoms with Gasteiger partial charge >= 0.3 is 0 Å². The molecule has 10 nitrogen and oxygen atoms in total. The lowest BCUT2D eigenvalue weighted by Crippen LogP contribution is -2.31. The number of fused-ring (bicyclic) bond motifs is 1. The average Bonchev–Trinajstić information content (AvgIpc) is 3.15. The molecule has 0 aromatic carbocycles. The van der Waals surface area contributed by atoms with E-state index in [1.54, 1.807) is 12.1 Å². The molecule has 0 aliphatic heterocycles. The molecular weight excluding hydrogens is 316 g/mol. The summed E-state index contributed by atoms with van der Waals surface area (Å²) in [6.45, 7) is 1.12. The summed E-state index contributed by atoms with van der Waals surface area (Å²) in [6, 6.07) is 3.45. The first-order valence-corrected chi connectivity index (χ1v) is 7.25. The molecule has 0 aliphatic rings. The van der Waals surface area contributed by atoms with E-state index < -0.39 is 12.2 Å². The highest BCUT2D eigenvalue weighted by Crippen LogP contribution is 2.31. The third-order valence-corrected chi connectivity index (χ3v) is 3.52. The van der Waals surface area contributed by atoms with Crippen LogP contribution in [0.3, 0.4) is 0 Å². The Hall–Kier alpha value is -2.69. The summed E-state index contributed by atoms with van der Waals surface area (Å²) >= 11 is 0. The topological polar surface area (TPSA) is 158 Å². The molecular formula is C14H18N6O4. The van der Waals surface area contributed by atoms with Crippen LogP contribution in [0.5, 0.6) is 0 Å². The van der Waals surface area contributed by atoms with Crippen molar-refractivity contribution >= 4 is 22.8 Å². The number of furan rings is 1. The highest BCUT2D eigenvalue weighted by atomic mass is 16.5. The van der Waals surface area contributed by atoms with Crippen molar-refractivity contribution in [3.63, 3.8) is 0 Å². The lowest BCUT2D eigenvalue weighted by Gasteiger charge is -2.18. The van der Waals surface area contributed by atoms with E-state index in [2.05, 4.69) is 15.1 Å². The number of hydrogen-bond donors (Lipinski definition) is 4. The zero-order chi connectivity index (χ0) is 17.3. The van der Waals surface area contributed by atoms with Crippen LogP contribution in [-0.2, 0) is 11.5 Å². The first-order chi connectivity index (χ1) is 11.5. The maximum absolute atomic E-state index is 9.55. The molecule has 2 unspecified atom stereocenters. The van der Waals surface area contributed by atoms with E-state index in [0.717, 1.165) is 0 Å². The van der Waals surface area contributed by atoms with Crippen LogP contribution in [0, 0.1) is 0 Å². The summed E-state index contributed by atoms with van der Waals surface area (Å²) in [5, 5.41) is 23.7. The minimum atomic E-state index is -0.842. The van der Waals surface area contributed by atoms with Crippen LogP contribution in [0.2, 0.25) is 0 Å². The molecule has 3 aromatic rings. The molecule has 0 spiro atoms. The van der Waals surface area contributed by atoms with Gasteiger partial charge in [-0.25, -0.2) is 4.68 Å². The van der Waals surface area contributed by atoms with E-state index in [9.17, 15) is 10.2 Å². The summed E-state index contributed by atoms with van der Waals surface area (Å²) in [5.74, 6) is 0.666. The quantitative estimate of drug-likeness (QED) is 0.485. The van der Waals surface area contributed by atoms with Crippen molar-refractivity contribution in [1.29, 1.82) is 0 Å². The molecule has 0 radical (unpaired) electrons. The van der Waals surface area contributed by atoms with Gasteiger partial charge in [-0.1, -0.05) is 0 Å². The van der Waals surface area contributed by atoms with Crippen LogP contribution in [0.1, 0.15) is 6.92 Å². The molecule has 0 bridgehead atoms. The van der Waals surface area contributed by atoms with Gasteiger partial charge in [0.15, 0.2) is 11.4 Å². The number of aromatic nitrogens is 4. The Bertz CT molecular complexity index is 830.